The third-order valence-electron chi connectivity index (χ3n) is 3.69. The Balaban J connectivity index is 1.54. The monoisotopic (exact) mass is 295 g/mol. The number of ether oxygens (including phenoxy) is 2. The van der Waals surface area contributed by atoms with Crippen molar-refractivity contribution in [2.75, 3.05) is 20.4 Å². The highest BCUT2D eigenvalue weighted by Crippen LogP contribution is 2.32. The first-order chi connectivity index (χ1) is 10.7. The number of rotatable bonds is 5. The lowest BCUT2D eigenvalue weighted by Crippen LogP contribution is -2.17. The predicted octanol–water partition coefficient (Wildman–Crippen LogP) is 3.87. The van der Waals surface area contributed by atoms with E-state index in [2.05, 4.69) is 67.4 Å². The van der Waals surface area contributed by atoms with Crippen molar-refractivity contribution in [3.8, 4) is 11.5 Å². The molecule has 0 fully saturated rings. The van der Waals surface area contributed by atoms with Crippen LogP contribution in [-0.2, 0) is 6.54 Å². The summed E-state index contributed by atoms with van der Waals surface area (Å²) >= 11 is 0. The van der Waals surface area contributed by atoms with Crippen LogP contribution in [-0.4, -0.2) is 25.3 Å². The molecule has 0 spiro atoms. The van der Waals surface area contributed by atoms with Crippen LogP contribution in [0, 0.1) is 6.92 Å². The van der Waals surface area contributed by atoms with Crippen LogP contribution in [0.5, 0.6) is 11.5 Å². The molecule has 3 nitrogen and oxygen atoms in total. The lowest BCUT2D eigenvalue weighted by Gasteiger charge is -2.14. The van der Waals surface area contributed by atoms with Gasteiger partial charge in [-0.25, -0.2) is 0 Å². The molecular weight excluding hydrogens is 274 g/mol. The summed E-state index contributed by atoms with van der Waals surface area (Å²) in [5, 5.41) is 0. The molecule has 0 aromatic heterocycles. The summed E-state index contributed by atoms with van der Waals surface area (Å²) in [6.07, 6.45) is 4.35. The van der Waals surface area contributed by atoms with Gasteiger partial charge in [0, 0.05) is 13.1 Å². The third-order valence-corrected chi connectivity index (χ3v) is 3.69. The van der Waals surface area contributed by atoms with E-state index >= 15 is 0 Å². The smallest absolute Gasteiger partial charge is 0.231 e. The van der Waals surface area contributed by atoms with Crippen LogP contribution in [0.2, 0.25) is 0 Å². The Morgan fingerprint density at radius 1 is 1.05 bits per heavy atom. The van der Waals surface area contributed by atoms with Gasteiger partial charge in [0.05, 0.1) is 0 Å². The molecule has 3 rings (SSSR count). The fourth-order valence-corrected chi connectivity index (χ4v) is 2.46. The van der Waals surface area contributed by atoms with Gasteiger partial charge in [0.1, 0.15) is 0 Å². The van der Waals surface area contributed by atoms with Crippen molar-refractivity contribution in [3.05, 3.63) is 65.2 Å². The quantitative estimate of drug-likeness (QED) is 0.836. The molecule has 0 aliphatic carbocycles. The molecular formula is C19H21NO2. The van der Waals surface area contributed by atoms with Crippen molar-refractivity contribution in [1.29, 1.82) is 0 Å². The summed E-state index contributed by atoms with van der Waals surface area (Å²) in [6, 6.07) is 14.7. The van der Waals surface area contributed by atoms with Gasteiger partial charge in [0.2, 0.25) is 6.79 Å². The topological polar surface area (TPSA) is 21.7 Å². The van der Waals surface area contributed by atoms with Gasteiger partial charge in [0.25, 0.3) is 0 Å². The maximum atomic E-state index is 5.41. The molecule has 0 saturated carbocycles. The molecule has 0 radical (unpaired) electrons. The van der Waals surface area contributed by atoms with Crippen molar-refractivity contribution < 1.29 is 9.47 Å². The van der Waals surface area contributed by atoms with Gasteiger partial charge in [-0.2, -0.15) is 0 Å². The first-order valence-corrected chi connectivity index (χ1v) is 7.51. The molecule has 3 heteroatoms. The minimum absolute atomic E-state index is 0.327. The van der Waals surface area contributed by atoms with Gasteiger partial charge in [-0.05, 0) is 37.2 Å². The number of hydrogen-bond donors (Lipinski definition) is 0. The molecule has 2 aromatic rings. The normalized spacial score (nSPS) is 13.2. The zero-order chi connectivity index (χ0) is 15.4. The molecule has 2 aromatic carbocycles. The Morgan fingerprint density at radius 2 is 1.82 bits per heavy atom. The fourth-order valence-electron chi connectivity index (χ4n) is 2.46. The molecule has 0 saturated heterocycles. The van der Waals surface area contributed by atoms with Crippen LogP contribution < -0.4 is 9.47 Å². The zero-order valence-corrected chi connectivity index (χ0v) is 13.1. The molecule has 0 unspecified atom stereocenters. The molecule has 0 bridgehead atoms. The lowest BCUT2D eigenvalue weighted by atomic mass is 10.1. The molecule has 114 valence electrons. The number of aryl methyl sites for hydroxylation is 1. The van der Waals surface area contributed by atoms with Gasteiger partial charge in [-0.3, -0.25) is 4.90 Å². The molecule has 0 N–H and O–H groups in total. The first-order valence-electron chi connectivity index (χ1n) is 7.51. The molecule has 22 heavy (non-hydrogen) atoms. The second-order valence-electron chi connectivity index (χ2n) is 5.70. The predicted molar refractivity (Wildman–Crippen MR) is 89.1 cm³/mol. The average Bonchev–Trinajstić information content (AvgIpc) is 2.97. The van der Waals surface area contributed by atoms with Crippen molar-refractivity contribution in [1.82, 2.24) is 4.90 Å². The summed E-state index contributed by atoms with van der Waals surface area (Å²) in [6.45, 7) is 4.22. The van der Waals surface area contributed by atoms with Crippen LogP contribution in [0.4, 0.5) is 0 Å². The highest BCUT2D eigenvalue weighted by molar-refractivity contribution is 5.49. The first kappa shape index (κ1) is 14.7. The van der Waals surface area contributed by atoms with Crippen LogP contribution in [0.3, 0.4) is 0 Å². The van der Waals surface area contributed by atoms with Gasteiger partial charge in [-0.15, -0.1) is 0 Å². The largest absolute Gasteiger partial charge is 0.454 e. The van der Waals surface area contributed by atoms with Crippen molar-refractivity contribution in [3.63, 3.8) is 0 Å². The highest BCUT2D eigenvalue weighted by atomic mass is 16.7. The van der Waals surface area contributed by atoms with Crippen LogP contribution in [0.15, 0.2) is 48.5 Å². The van der Waals surface area contributed by atoms with Gasteiger partial charge in [-0.1, -0.05) is 48.0 Å². The van der Waals surface area contributed by atoms with E-state index in [0.29, 0.717) is 6.79 Å². The third kappa shape index (κ3) is 3.68. The van der Waals surface area contributed by atoms with E-state index < -0.39 is 0 Å². The molecule has 1 heterocycles. The highest BCUT2D eigenvalue weighted by Gasteiger charge is 2.13. The van der Waals surface area contributed by atoms with E-state index in [9.17, 15) is 0 Å². The second-order valence-corrected chi connectivity index (χ2v) is 5.70. The van der Waals surface area contributed by atoms with E-state index in [-0.39, 0.29) is 0 Å². The maximum absolute atomic E-state index is 5.41. The Hall–Kier alpha value is -2.26. The van der Waals surface area contributed by atoms with E-state index in [1.54, 1.807) is 0 Å². The number of hydrogen-bond acceptors (Lipinski definition) is 3. The number of benzene rings is 2. The van der Waals surface area contributed by atoms with Gasteiger partial charge < -0.3 is 9.47 Å². The Morgan fingerprint density at radius 3 is 2.64 bits per heavy atom. The van der Waals surface area contributed by atoms with Gasteiger partial charge >= 0.3 is 0 Å². The van der Waals surface area contributed by atoms with Crippen molar-refractivity contribution in [2.45, 2.75) is 13.5 Å². The second kappa shape index (κ2) is 6.67. The number of likely N-dealkylation sites (N-methyl/N-ethyl adjacent to an activating group) is 1. The summed E-state index contributed by atoms with van der Waals surface area (Å²) in [4.78, 5) is 2.27. The average molecular weight is 295 g/mol. The van der Waals surface area contributed by atoms with E-state index in [1.807, 2.05) is 6.07 Å². The number of fused-ring (bicyclic) bond motifs is 1. The minimum atomic E-state index is 0.327. The zero-order valence-electron chi connectivity index (χ0n) is 13.1. The van der Waals surface area contributed by atoms with Crippen molar-refractivity contribution in [2.24, 2.45) is 0 Å². The Kier molecular flexibility index (Phi) is 4.45. The minimum Gasteiger partial charge on any atom is -0.454 e. The summed E-state index contributed by atoms with van der Waals surface area (Å²) < 4.78 is 10.7. The lowest BCUT2D eigenvalue weighted by molar-refractivity contribution is 0.174. The Labute approximate surface area is 131 Å². The van der Waals surface area contributed by atoms with Gasteiger partial charge in [0.15, 0.2) is 11.5 Å². The van der Waals surface area contributed by atoms with E-state index in [1.165, 1.54) is 16.7 Å². The van der Waals surface area contributed by atoms with E-state index in [4.69, 9.17) is 9.47 Å². The van der Waals surface area contributed by atoms with Crippen LogP contribution >= 0.6 is 0 Å². The summed E-state index contributed by atoms with van der Waals surface area (Å²) in [5.74, 6) is 1.69. The molecule has 1 aliphatic rings. The fraction of sp³-hybridized carbons (Fsp3) is 0.263. The van der Waals surface area contributed by atoms with E-state index in [0.717, 1.165) is 24.6 Å². The summed E-state index contributed by atoms with van der Waals surface area (Å²) in [7, 11) is 2.12. The Bertz CT molecular complexity index is 662. The molecule has 0 atom stereocenters. The summed E-state index contributed by atoms with van der Waals surface area (Å²) in [5.41, 5.74) is 3.76. The van der Waals surface area contributed by atoms with Crippen LogP contribution in [0.1, 0.15) is 16.7 Å². The molecule has 1 aliphatic heterocycles. The SMILES string of the molecule is Cc1ccc(/C=C/CN(C)Cc2ccc3c(c2)OCO3)cc1. The standard InChI is InChI=1S/C19H21NO2/c1-15-5-7-16(8-6-15)4-3-11-20(2)13-17-9-10-18-19(12-17)22-14-21-18/h3-10,12H,11,13-14H2,1-2H3/b4-3+. The maximum Gasteiger partial charge on any atom is 0.231 e. The molecule has 0 amide bonds. The van der Waals surface area contributed by atoms with Crippen LogP contribution in [0.25, 0.3) is 6.08 Å². The number of nitrogens with zero attached hydrogens (tertiary/aromatic N) is 1. The van der Waals surface area contributed by atoms with Crippen molar-refractivity contribution >= 4 is 6.08 Å².